The van der Waals surface area contributed by atoms with Crippen molar-refractivity contribution in [1.29, 1.82) is 0 Å². The standard InChI is InChI=1S/C27H26FN5O4/c28-18-6-5-9-20(15-18)33(25(36)16-32-22-11-4-3-10-21(22)30-31-32)26(17-12-13-23(34)24(35)14-17)27(37)29-19-7-1-2-8-19/h3-6,9-15,19,26,34-35H,1-2,7-8,16H2,(H,29,37)/t26-/m0/s1. The number of carbonyl (C=O) groups is 2. The van der Waals surface area contributed by atoms with Crippen LogP contribution in [0, 0.1) is 5.82 Å². The lowest BCUT2D eigenvalue weighted by Crippen LogP contribution is -2.47. The normalized spacial score (nSPS) is 14.5. The number of nitrogens with one attached hydrogen (secondary N) is 1. The third-order valence-electron chi connectivity index (χ3n) is 6.58. The summed E-state index contributed by atoms with van der Waals surface area (Å²) in [5.41, 5.74) is 1.65. The first kappa shape index (κ1) is 24.2. The molecule has 1 aromatic heterocycles. The van der Waals surface area contributed by atoms with Gasteiger partial charge in [0.15, 0.2) is 11.5 Å². The predicted octanol–water partition coefficient (Wildman–Crippen LogP) is 3.81. The largest absolute Gasteiger partial charge is 0.504 e. The van der Waals surface area contributed by atoms with Gasteiger partial charge in [-0.3, -0.25) is 14.5 Å². The lowest BCUT2D eigenvalue weighted by atomic mass is 10.0. The van der Waals surface area contributed by atoms with Crippen LogP contribution in [0.4, 0.5) is 10.1 Å². The minimum atomic E-state index is -1.25. The van der Waals surface area contributed by atoms with Crippen LogP contribution in [0.15, 0.2) is 66.7 Å². The Morgan fingerprint density at radius 2 is 1.81 bits per heavy atom. The van der Waals surface area contributed by atoms with E-state index in [1.54, 1.807) is 18.2 Å². The van der Waals surface area contributed by atoms with Crippen LogP contribution in [0.5, 0.6) is 11.5 Å². The lowest BCUT2D eigenvalue weighted by Gasteiger charge is -2.32. The van der Waals surface area contributed by atoms with Gasteiger partial charge >= 0.3 is 0 Å². The number of halogens is 1. The van der Waals surface area contributed by atoms with E-state index in [-0.39, 0.29) is 29.6 Å². The Kier molecular flexibility index (Phi) is 6.72. The topological polar surface area (TPSA) is 121 Å². The van der Waals surface area contributed by atoms with Crippen LogP contribution in [0.25, 0.3) is 11.0 Å². The molecule has 1 aliphatic rings. The molecule has 1 fully saturated rings. The van der Waals surface area contributed by atoms with Gasteiger partial charge in [0.2, 0.25) is 11.8 Å². The second kappa shape index (κ2) is 10.3. The maximum Gasteiger partial charge on any atom is 0.249 e. The number of phenolic OH excluding ortho intramolecular Hbond substituents is 2. The molecule has 0 unspecified atom stereocenters. The highest BCUT2D eigenvalue weighted by molar-refractivity contribution is 6.01. The van der Waals surface area contributed by atoms with Crippen molar-refractivity contribution < 1.29 is 24.2 Å². The average Bonchev–Trinajstić information content (AvgIpc) is 3.54. The van der Waals surface area contributed by atoms with Crippen molar-refractivity contribution in [2.75, 3.05) is 4.90 Å². The average molecular weight is 504 g/mol. The van der Waals surface area contributed by atoms with Crippen LogP contribution in [-0.2, 0) is 16.1 Å². The zero-order valence-electron chi connectivity index (χ0n) is 19.9. The van der Waals surface area contributed by atoms with Crippen LogP contribution in [-0.4, -0.2) is 43.1 Å². The number of hydrogen-bond acceptors (Lipinski definition) is 6. The van der Waals surface area contributed by atoms with Gasteiger partial charge in [-0.05, 0) is 60.9 Å². The van der Waals surface area contributed by atoms with Gasteiger partial charge in [0, 0.05) is 11.7 Å². The Hall–Kier alpha value is -4.47. The van der Waals surface area contributed by atoms with E-state index in [0.717, 1.165) is 25.7 Å². The van der Waals surface area contributed by atoms with Crippen molar-refractivity contribution in [1.82, 2.24) is 20.3 Å². The number of benzene rings is 3. The fourth-order valence-electron chi connectivity index (χ4n) is 4.78. The summed E-state index contributed by atoms with van der Waals surface area (Å²) in [6.07, 6.45) is 3.61. The summed E-state index contributed by atoms with van der Waals surface area (Å²) >= 11 is 0. The van der Waals surface area contributed by atoms with E-state index < -0.39 is 29.4 Å². The molecule has 1 saturated carbocycles. The van der Waals surface area contributed by atoms with Crippen molar-refractivity contribution in [3.63, 3.8) is 0 Å². The molecular formula is C27H26FN5O4. The number of aromatic hydroxyl groups is 2. The minimum absolute atomic E-state index is 0.0515. The number of fused-ring (bicyclic) bond motifs is 1. The second-order valence-electron chi connectivity index (χ2n) is 9.12. The maximum absolute atomic E-state index is 14.3. The van der Waals surface area contributed by atoms with Gasteiger partial charge in [-0.15, -0.1) is 5.10 Å². The Bertz CT molecular complexity index is 1450. The molecule has 1 aliphatic carbocycles. The lowest BCUT2D eigenvalue weighted by molar-refractivity contribution is -0.127. The van der Waals surface area contributed by atoms with Gasteiger partial charge in [0.05, 0.1) is 5.52 Å². The fourth-order valence-corrected chi connectivity index (χ4v) is 4.78. The minimum Gasteiger partial charge on any atom is -0.504 e. The number of anilines is 1. The Labute approximate surface area is 212 Å². The van der Waals surface area contributed by atoms with Gasteiger partial charge in [-0.1, -0.05) is 42.3 Å². The van der Waals surface area contributed by atoms with Crippen LogP contribution in [0.1, 0.15) is 37.3 Å². The Morgan fingerprint density at radius 1 is 1.03 bits per heavy atom. The SMILES string of the molecule is O=C(NC1CCCC1)[C@H](c1ccc(O)c(O)c1)N(C(=O)Cn1nnc2ccccc21)c1cccc(F)c1. The highest BCUT2D eigenvalue weighted by atomic mass is 19.1. The zero-order valence-corrected chi connectivity index (χ0v) is 19.9. The number of nitrogens with zero attached hydrogens (tertiary/aromatic N) is 4. The van der Waals surface area contributed by atoms with E-state index in [0.29, 0.717) is 11.0 Å². The summed E-state index contributed by atoms with van der Waals surface area (Å²) in [6, 6.07) is 15.2. The first-order valence-corrected chi connectivity index (χ1v) is 12.1. The summed E-state index contributed by atoms with van der Waals surface area (Å²) in [5.74, 6) is -2.40. The van der Waals surface area contributed by atoms with Crippen LogP contribution >= 0.6 is 0 Å². The van der Waals surface area contributed by atoms with E-state index in [1.807, 2.05) is 6.07 Å². The van der Waals surface area contributed by atoms with Crippen LogP contribution < -0.4 is 10.2 Å². The number of amides is 2. The molecule has 190 valence electrons. The monoisotopic (exact) mass is 503 g/mol. The molecule has 0 aliphatic heterocycles. The first-order chi connectivity index (χ1) is 17.9. The highest BCUT2D eigenvalue weighted by Gasteiger charge is 2.35. The number of rotatable bonds is 7. The molecule has 0 radical (unpaired) electrons. The van der Waals surface area contributed by atoms with Crippen LogP contribution in [0.3, 0.4) is 0 Å². The highest BCUT2D eigenvalue weighted by Crippen LogP contribution is 2.34. The smallest absolute Gasteiger partial charge is 0.249 e. The first-order valence-electron chi connectivity index (χ1n) is 12.1. The molecule has 5 rings (SSSR count). The number of phenols is 2. The molecule has 3 aromatic carbocycles. The van der Waals surface area contributed by atoms with Gasteiger partial charge in [-0.25, -0.2) is 9.07 Å². The molecular weight excluding hydrogens is 477 g/mol. The molecule has 2 amide bonds. The summed E-state index contributed by atoms with van der Waals surface area (Å²) in [4.78, 5) is 28.8. The summed E-state index contributed by atoms with van der Waals surface area (Å²) in [6.45, 7) is -0.270. The van der Waals surface area contributed by atoms with Crippen molar-refractivity contribution >= 4 is 28.5 Å². The van der Waals surface area contributed by atoms with Gasteiger partial charge in [0.25, 0.3) is 0 Å². The van der Waals surface area contributed by atoms with Gasteiger partial charge < -0.3 is 15.5 Å². The Balaban J connectivity index is 1.59. The molecule has 4 aromatic rings. The molecule has 1 atom stereocenters. The van der Waals surface area contributed by atoms with Crippen molar-refractivity contribution in [2.24, 2.45) is 0 Å². The van der Waals surface area contributed by atoms with E-state index in [4.69, 9.17) is 0 Å². The molecule has 37 heavy (non-hydrogen) atoms. The third kappa shape index (κ3) is 5.09. The van der Waals surface area contributed by atoms with Gasteiger partial charge in [0.1, 0.15) is 23.9 Å². The van der Waals surface area contributed by atoms with E-state index in [9.17, 15) is 24.2 Å². The van der Waals surface area contributed by atoms with Crippen molar-refractivity contribution in [2.45, 2.75) is 44.3 Å². The Morgan fingerprint density at radius 3 is 2.57 bits per heavy atom. The van der Waals surface area contributed by atoms with E-state index in [2.05, 4.69) is 15.6 Å². The third-order valence-corrected chi connectivity index (χ3v) is 6.58. The summed E-state index contributed by atoms with van der Waals surface area (Å²) < 4.78 is 15.8. The van der Waals surface area contributed by atoms with E-state index in [1.165, 1.54) is 52.0 Å². The van der Waals surface area contributed by atoms with Crippen molar-refractivity contribution in [3.05, 3.63) is 78.1 Å². The predicted molar refractivity (Wildman–Crippen MR) is 134 cm³/mol. The number of hydrogen-bond donors (Lipinski definition) is 3. The number of aromatic nitrogens is 3. The molecule has 10 heteroatoms. The molecule has 0 saturated heterocycles. The van der Waals surface area contributed by atoms with E-state index >= 15 is 0 Å². The summed E-state index contributed by atoms with van der Waals surface area (Å²) in [7, 11) is 0. The quantitative estimate of drug-likeness (QED) is 0.330. The number of para-hydroxylation sites is 1. The fraction of sp³-hybridized carbons (Fsp3) is 0.259. The molecule has 1 heterocycles. The van der Waals surface area contributed by atoms with Crippen molar-refractivity contribution in [3.8, 4) is 11.5 Å². The van der Waals surface area contributed by atoms with Gasteiger partial charge in [-0.2, -0.15) is 0 Å². The zero-order chi connectivity index (χ0) is 25.9. The molecule has 0 spiro atoms. The molecule has 3 N–H and O–H groups in total. The van der Waals surface area contributed by atoms with Crippen LogP contribution in [0.2, 0.25) is 0 Å². The summed E-state index contributed by atoms with van der Waals surface area (Å²) in [5, 5.41) is 31.3. The number of carbonyl (C=O) groups excluding carboxylic acids is 2. The molecule has 9 nitrogen and oxygen atoms in total. The second-order valence-corrected chi connectivity index (χ2v) is 9.12. The maximum atomic E-state index is 14.3. The molecule has 0 bridgehead atoms.